The maximum atomic E-state index is 11.0. The molecule has 1 aromatic heterocycles. The van der Waals surface area contributed by atoms with Gasteiger partial charge in [0, 0.05) is 17.7 Å². The second-order valence-electron chi connectivity index (χ2n) is 2.29. The third-order valence-corrected chi connectivity index (χ3v) is 1.42. The van der Waals surface area contributed by atoms with E-state index in [0.29, 0.717) is 5.56 Å². The SMILES string of the molecule is COC(=O)c1ccc(C#CC#N)cn1. The molecule has 0 spiro atoms. The number of nitrogens with zero attached hydrogens (tertiary/aromatic N) is 2. The van der Waals surface area contributed by atoms with Gasteiger partial charge in [0.05, 0.1) is 7.11 Å². The maximum Gasteiger partial charge on any atom is 0.356 e. The second-order valence-corrected chi connectivity index (χ2v) is 2.29. The van der Waals surface area contributed by atoms with Gasteiger partial charge in [0.2, 0.25) is 0 Å². The number of esters is 1. The molecule has 0 unspecified atom stereocenters. The van der Waals surface area contributed by atoms with Gasteiger partial charge >= 0.3 is 5.97 Å². The van der Waals surface area contributed by atoms with Crippen molar-refractivity contribution in [3.8, 4) is 17.9 Å². The molecule has 14 heavy (non-hydrogen) atoms. The molecule has 1 aromatic rings. The lowest BCUT2D eigenvalue weighted by Gasteiger charge is -1.96. The summed E-state index contributed by atoms with van der Waals surface area (Å²) in [5, 5.41) is 8.19. The Hall–Kier alpha value is -2.33. The average Bonchev–Trinajstić information content (AvgIpc) is 2.26. The summed E-state index contributed by atoms with van der Waals surface area (Å²) < 4.78 is 4.47. The number of pyridine rings is 1. The highest BCUT2D eigenvalue weighted by Crippen LogP contribution is 1.99. The Morgan fingerprint density at radius 1 is 1.57 bits per heavy atom. The summed E-state index contributed by atoms with van der Waals surface area (Å²) in [6, 6.07) is 4.78. The minimum atomic E-state index is -0.496. The number of hydrogen-bond donors (Lipinski definition) is 0. The van der Waals surface area contributed by atoms with E-state index in [1.807, 2.05) is 0 Å². The van der Waals surface area contributed by atoms with E-state index in [1.165, 1.54) is 19.4 Å². The minimum absolute atomic E-state index is 0.218. The van der Waals surface area contributed by atoms with E-state index >= 15 is 0 Å². The second kappa shape index (κ2) is 4.64. The highest BCUT2D eigenvalue weighted by Gasteiger charge is 2.04. The smallest absolute Gasteiger partial charge is 0.356 e. The Morgan fingerprint density at radius 2 is 2.36 bits per heavy atom. The van der Waals surface area contributed by atoms with Crippen LogP contribution in [0.4, 0.5) is 0 Å². The Morgan fingerprint density at radius 3 is 2.86 bits per heavy atom. The molecule has 0 radical (unpaired) electrons. The quantitative estimate of drug-likeness (QED) is 0.479. The van der Waals surface area contributed by atoms with Crippen molar-refractivity contribution >= 4 is 5.97 Å². The largest absolute Gasteiger partial charge is 0.464 e. The number of ether oxygens (including phenoxy) is 1. The van der Waals surface area contributed by atoms with E-state index in [0.717, 1.165) is 0 Å². The Balaban J connectivity index is 2.90. The van der Waals surface area contributed by atoms with E-state index in [-0.39, 0.29) is 5.69 Å². The number of methoxy groups -OCH3 is 1. The summed E-state index contributed by atoms with van der Waals surface area (Å²) in [7, 11) is 1.29. The molecule has 0 N–H and O–H groups in total. The van der Waals surface area contributed by atoms with Crippen LogP contribution in [-0.2, 0) is 4.74 Å². The fourth-order valence-corrected chi connectivity index (χ4v) is 0.793. The van der Waals surface area contributed by atoms with Crippen LogP contribution in [0.3, 0.4) is 0 Å². The van der Waals surface area contributed by atoms with Crippen molar-refractivity contribution in [2.75, 3.05) is 7.11 Å². The molecule has 1 heterocycles. The lowest BCUT2D eigenvalue weighted by Crippen LogP contribution is -2.03. The molecule has 4 nitrogen and oxygen atoms in total. The molecule has 0 amide bonds. The molecule has 0 atom stereocenters. The van der Waals surface area contributed by atoms with Crippen molar-refractivity contribution in [2.24, 2.45) is 0 Å². The summed E-state index contributed by atoms with van der Waals surface area (Å²) in [6.45, 7) is 0. The van der Waals surface area contributed by atoms with Crippen LogP contribution in [0.5, 0.6) is 0 Å². The third kappa shape index (κ3) is 2.33. The number of rotatable bonds is 1. The average molecular weight is 186 g/mol. The molecular weight excluding hydrogens is 180 g/mol. The minimum Gasteiger partial charge on any atom is -0.464 e. The van der Waals surface area contributed by atoms with Gasteiger partial charge in [0.1, 0.15) is 5.69 Å². The van der Waals surface area contributed by atoms with Gasteiger partial charge in [-0.3, -0.25) is 0 Å². The van der Waals surface area contributed by atoms with E-state index < -0.39 is 5.97 Å². The van der Waals surface area contributed by atoms with Crippen LogP contribution in [0.25, 0.3) is 0 Å². The normalized spacial score (nSPS) is 8.00. The molecule has 0 saturated heterocycles. The summed E-state index contributed by atoms with van der Waals surface area (Å²) in [5.74, 6) is 4.28. The van der Waals surface area contributed by atoms with Crippen LogP contribution in [0.15, 0.2) is 18.3 Å². The molecule has 4 heteroatoms. The van der Waals surface area contributed by atoms with E-state index in [1.54, 1.807) is 12.1 Å². The number of nitriles is 1. The first kappa shape index (κ1) is 9.76. The maximum absolute atomic E-state index is 11.0. The highest BCUT2D eigenvalue weighted by molar-refractivity contribution is 5.87. The zero-order chi connectivity index (χ0) is 10.4. The van der Waals surface area contributed by atoms with Gasteiger partial charge in [-0.2, -0.15) is 5.26 Å². The first-order valence-electron chi connectivity index (χ1n) is 3.72. The third-order valence-electron chi connectivity index (χ3n) is 1.42. The monoisotopic (exact) mass is 186 g/mol. The molecule has 0 saturated carbocycles. The van der Waals surface area contributed by atoms with E-state index in [9.17, 15) is 4.79 Å². The first-order valence-corrected chi connectivity index (χ1v) is 3.72. The van der Waals surface area contributed by atoms with E-state index in [2.05, 4.69) is 21.6 Å². The fourth-order valence-electron chi connectivity index (χ4n) is 0.793. The van der Waals surface area contributed by atoms with Gasteiger partial charge in [-0.1, -0.05) is 0 Å². The van der Waals surface area contributed by atoms with Crippen LogP contribution < -0.4 is 0 Å². The molecule has 0 aromatic carbocycles. The van der Waals surface area contributed by atoms with Crippen molar-refractivity contribution in [3.05, 3.63) is 29.6 Å². The van der Waals surface area contributed by atoms with Gasteiger partial charge < -0.3 is 4.74 Å². The van der Waals surface area contributed by atoms with Gasteiger partial charge in [-0.15, -0.1) is 0 Å². The summed E-state index contributed by atoms with van der Waals surface area (Å²) >= 11 is 0. The summed E-state index contributed by atoms with van der Waals surface area (Å²) in [6.07, 6.45) is 1.41. The lowest BCUT2D eigenvalue weighted by molar-refractivity contribution is 0.0594. The predicted octanol–water partition coefficient (Wildman–Crippen LogP) is 0.743. The predicted molar refractivity (Wildman–Crippen MR) is 48.1 cm³/mol. The van der Waals surface area contributed by atoms with Crippen molar-refractivity contribution in [3.63, 3.8) is 0 Å². The molecule has 0 aliphatic rings. The molecule has 0 fully saturated rings. The van der Waals surface area contributed by atoms with E-state index in [4.69, 9.17) is 5.26 Å². The standard InChI is InChI=1S/C10H6N2O2/c1-14-10(13)9-5-4-8(7-12-9)3-2-6-11/h4-5,7H,1H3. The number of carbonyl (C=O) groups excluding carboxylic acids is 1. The summed E-state index contributed by atoms with van der Waals surface area (Å²) in [4.78, 5) is 14.8. The zero-order valence-electron chi connectivity index (χ0n) is 7.44. The van der Waals surface area contributed by atoms with Crippen LogP contribution >= 0.6 is 0 Å². The number of carbonyl (C=O) groups is 1. The van der Waals surface area contributed by atoms with Crippen molar-refractivity contribution in [1.29, 1.82) is 5.26 Å². The molecule has 0 aliphatic carbocycles. The molecule has 1 rings (SSSR count). The van der Waals surface area contributed by atoms with Crippen molar-refractivity contribution in [1.82, 2.24) is 4.98 Å². The number of aromatic nitrogens is 1. The fraction of sp³-hybridized carbons (Fsp3) is 0.100. The molecule has 0 bridgehead atoms. The van der Waals surface area contributed by atoms with Gasteiger partial charge in [-0.25, -0.2) is 9.78 Å². The molecule has 0 aliphatic heterocycles. The molecule has 68 valence electrons. The highest BCUT2D eigenvalue weighted by atomic mass is 16.5. The van der Waals surface area contributed by atoms with Gasteiger partial charge in [-0.05, 0) is 18.1 Å². The van der Waals surface area contributed by atoms with Crippen molar-refractivity contribution in [2.45, 2.75) is 0 Å². The van der Waals surface area contributed by atoms with Crippen LogP contribution in [0, 0.1) is 23.2 Å². The van der Waals surface area contributed by atoms with Gasteiger partial charge in [0.25, 0.3) is 0 Å². The van der Waals surface area contributed by atoms with Crippen molar-refractivity contribution < 1.29 is 9.53 Å². The Kier molecular flexibility index (Phi) is 3.23. The van der Waals surface area contributed by atoms with Gasteiger partial charge in [0.15, 0.2) is 6.07 Å². The van der Waals surface area contributed by atoms with Crippen LogP contribution in [0.2, 0.25) is 0 Å². The van der Waals surface area contributed by atoms with Crippen LogP contribution in [-0.4, -0.2) is 18.1 Å². The summed E-state index contributed by atoms with van der Waals surface area (Å²) in [5.41, 5.74) is 0.800. The van der Waals surface area contributed by atoms with Crippen LogP contribution in [0.1, 0.15) is 16.1 Å². The molecular formula is C10H6N2O2. The topological polar surface area (TPSA) is 63.0 Å². The number of hydrogen-bond acceptors (Lipinski definition) is 4. The zero-order valence-corrected chi connectivity index (χ0v) is 7.44. The Labute approximate surface area is 81.1 Å². The lowest BCUT2D eigenvalue weighted by atomic mass is 10.2. The Bertz CT molecular complexity index is 432. The first-order chi connectivity index (χ1) is 6.77.